The van der Waals surface area contributed by atoms with Gasteiger partial charge < -0.3 is 9.94 Å². The summed E-state index contributed by atoms with van der Waals surface area (Å²) >= 11 is 0. The number of hydrogen-bond acceptors (Lipinski definition) is 4. The molecule has 1 N–H and O–H groups in total. The normalized spacial score (nSPS) is 11.3. The third-order valence-corrected chi connectivity index (χ3v) is 2.84. The minimum atomic E-state index is 0.594. The highest BCUT2D eigenvalue weighted by molar-refractivity contribution is 5.87. The molecule has 0 radical (unpaired) electrons. The summed E-state index contributed by atoms with van der Waals surface area (Å²) < 4.78 is 5.11. The van der Waals surface area contributed by atoms with Gasteiger partial charge in [0.2, 0.25) is 0 Å². The minimum absolute atomic E-state index is 0.594. The fourth-order valence-corrected chi connectivity index (χ4v) is 1.85. The standard InChI is InChI=1S/C15H16N2O2/c1-19-15-6-4-12(5-7-15)9-14(17-18)10-13-3-2-8-16-11-13/h2-8,11,18H,9-10H2,1H3. The van der Waals surface area contributed by atoms with Crippen LogP contribution in [0.15, 0.2) is 53.9 Å². The monoisotopic (exact) mass is 256 g/mol. The molecule has 1 aromatic heterocycles. The minimum Gasteiger partial charge on any atom is -0.497 e. The summed E-state index contributed by atoms with van der Waals surface area (Å²) in [5.41, 5.74) is 2.82. The SMILES string of the molecule is COc1ccc(CC(Cc2cccnc2)=NO)cc1. The number of hydrogen-bond donors (Lipinski definition) is 1. The first-order valence-electron chi connectivity index (χ1n) is 6.03. The second-order valence-electron chi connectivity index (χ2n) is 4.23. The first-order chi connectivity index (χ1) is 9.31. The Kier molecular flexibility index (Phi) is 4.50. The molecule has 1 heterocycles. The van der Waals surface area contributed by atoms with Gasteiger partial charge in [0.25, 0.3) is 0 Å². The van der Waals surface area contributed by atoms with Crippen molar-refractivity contribution in [1.82, 2.24) is 4.98 Å². The molecular formula is C15H16N2O2. The van der Waals surface area contributed by atoms with Crippen molar-refractivity contribution in [2.24, 2.45) is 5.16 Å². The van der Waals surface area contributed by atoms with Gasteiger partial charge in [-0.25, -0.2) is 0 Å². The van der Waals surface area contributed by atoms with E-state index in [1.165, 1.54) is 0 Å². The van der Waals surface area contributed by atoms with Crippen molar-refractivity contribution in [1.29, 1.82) is 0 Å². The molecule has 0 saturated carbocycles. The molecule has 2 aromatic rings. The zero-order chi connectivity index (χ0) is 13.5. The first kappa shape index (κ1) is 13.1. The van der Waals surface area contributed by atoms with E-state index in [2.05, 4.69) is 10.1 Å². The molecule has 0 unspecified atom stereocenters. The smallest absolute Gasteiger partial charge is 0.118 e. The van der Waals surface area contributed by atoms with Crippen molar-refractivity contribution < 1.29 is 9.94 Å². The third-order valence-electron chi connectivity index (χ3n) is 2.84. The average molecular weight is 256 g/mol. The van der Waals surface area contributed by atoms with Crippen LogP contribution in [0.4, 0.5) is 0 Å². The van der Waals surface area contributed by atoms with Crippen molar-refractivity contribution in [2.75, 3.05) is 7.11 Å². The van der Waals surface area contributed by atoms with E-state index in [1.54, 1.807) is 19.5 Å². The molecule has 1 aromatic carbocycles. The highest BCUT2D eigenvalue weighted by Gasteiger charge is 2.05. The van der Waals surface area contributed by atoms with Crippen LogP contribution in [-0.4, -0.2) is 23.0 Å². The Morgan fingerprint density at radius 2 is 1.89 bits per heavy atom. The van der Waals surface area contributed by atoms with Crippen molar-refractivity contribution >= 4 is 5.71 Å². The average Bonchev–Trinajstić information content (AvgIpc) is 2.48. The van der Waals surface area contributed by atoms with Crippen molar-refractivity contribution in [3.8, 4) is 5.75 Å². The van der Waals surface area contributed by atoms with E-state index in [1.807, 2.05) is 36.4 Å². The van der Waals surface area contributed by atoms with Crippen LogP contribution >= 0.6 is 0 Å². The molecular weight excluding hydrogens is 240 g/mol. The molecule has 0 spiro atoms. The van der Waals surface area contributed by atoms with Gasteiger partial charge in [-0.3, -0.25) is 4.98 Å². The van der Waals surface area contributed by atoms with Gasteiger partial charge in [-0.05, 0) is 29.3 Å². The van der Waals surface area contributed by atoms with E-state index in [4.69, 9.17) is 9.94 Å². The maximum absolute atomic E-state index is 9.09. The summed E-state index contributed by atoms with van der Waals surface area (Å²) in [5.74, 6) is 0.818. The van der Waals surface area contributed by atoms with Gasteiger partial charge in [0, 0.05) is 25.2 Å². The molecule has 0 bridgehead atoms. The van der Waals surface area contributed by atoms with Crippen molar-refractivity contribution in [3.05, 3.63) is 59.9 Å². The van der Waals surface area contributed by atoms with Gasteiger partial charge in [-0.15, -0.1) is 0 Å². The lowest BCUT2D eigenvalue weighted by atomic mass is 10.0. The maximum Gasteiger partial charge on any atom is 0.118 e. The van der Waals surface area contributed by atoms with Gasteiger partial charge in [0.1, 0.15) is 5.75 Å². The first-order valence-corrected chi connectivity index (χ1v) is 6.03. The van der Waals surface area contributed by atoms with E-state index in [0.717, 1.165) is 16.9 Å². The highest BCUT2D eigenvalue weighted by atomic mass is 16.5. The molecule has 98 valence electrons. The Bertz CT molecular complexity index is 536. The highest BCUT2D eigenvalue weighted by Crippen LogP contribution is 2.13. The van der Waals surface area contributed by atoms with E-state index in [-0.39, 0.29) is 0 Å². The van der Waals surface area contributed by atoms with Gasteiger partial charge in [-0.1, -0.05) is 23.4 Å². The molecule has 19 heavy (non-hydrogen) atoms. The Labute approximate surface area is 112 Å². The molecule has 0 saturated heterocycles. The number of methoxy groups -OCH3 is 1. The van der Waals surface area contributed by atoms with E-state index in [0.29, 0.717) is 18.6 Å². The Morgan fingerprint density at radius 3 is 2.47 bits per heavy atom. The topological polar surface area (TPSA) is 54.7 Å². The van der Waals surface area contributed by atoms with E-state index < -0.39 is 0 Å². The molecule has 0 fully saturated rings. The van der Waals surface area contributed by atoms with E-state index >= 15 is 0 Å². The van der Waals surface area contributed by atoms with Crippen LogP contribution in [0.1, 0.15) is 11.1 Å². The number of pyridine rings is 1. The largest absolute Gasteiger partial charge is 0.497 e. The second kappa shape index (κ2) is 6.54. The van der Waals surface area contributed by atoms with Crippen LogP contribution in [-0.2, 0) is 12.8 Å². The van der Waals surface area contributed by atoms with Crippen LogP contribution in [0.5, 0.6) is 5.75 Å². The number of oxime groups is 1. The van der Waals surface area contributed by atoms with E-state index in [9.17, 15) is 0 Å². The van der Waals surface area contributed by atoms with Crippen LogP contribution < -0.4 is 4.74 Å². The number of ether oxygens (including phenoxy) is 1. The number of benzene rings is 1. The molecule has 0 amide bonds. The summed E-state index contributed by atoms with van der Waals surface area (Å²) in [6.45, 7) is 0. The maximum atomic E-state index is 9.09. The van der Waals surface area contributed by atoms with Crippen molar-refractivity contribution in [3.63, 3.8) is 0 Å². The van der Waals surface area contributed by atoms with Crippen LogP contribution in [0.25, 0.3) is 0 Å². The Balaban J connectivity index is 2.03. The fraction of sp³-hybridized carbons (Fsp3) is 0.200. The number of aromatic nitrogens is 1. The summed E-state index contributed by atoms with van der Waals surface area (Å²) in [7, 11) is 1.64. The molecule has 0 aliphatic heterocycles. The summed E-state index contributed by atoms with van der Waals surface area (Å²) in [6, 6.07) is 11.6. The summed E-state index contributed by atoms with van der Waals surface area (Å²) in [5, 5.41) is 12.5. The molecule has 4 heteroatoms. The predicted molar refractivity (Wildman–Crippen MR) is 73.9 cm³/mol. The zero-order valence-corrected chi connectivity index (χ0v) is 10.8. The predicted octanol–water partition coefficient (Wildman–Crippen LogP) is 2.71. The lowest BCUT2D eigenvalue weighted by Crippen LogP contribution is -2.07. The molecule has 2 rings (SSSR count). The van der Waals surface area contributed by atoms with Gasteiger partial charge in [0.15, 0.2) is 0 Å². The molecule has 0 atom stereocenters. The van der Waals surface area contributed by atoms with Gasteiger partial charge in [-0.2, -0.15) is 0 Å². The summed E-state index contributed by atoms with van der Waals surface area (Å²) in [6.07, 6.45) is 4.70. The molecule has 0 aliphatic carbocycles. The van der Waals surface area contributed by atoms with Crippen molar-refractivity contribution in [2.45, 2.75) is 12.8 Å². The van der Waals surface area contributed by atoms with Crippen LogP contribution in [0.2, 0.25) is 0 Å². The lowest BCUT2D eigenvalue weighted by Gasteiger charge is -2.06. The van der Waals surface area contributed by atoms with Gasteiger partial charge in [0.05, 0.1) is 12.8 Å². The Morgan fingerprint density at radius 1 is 1.16 bits per heavy atom. The number of rotatable bonds is 5. The zero-order valence-electron chi connectivity index (χ0n) is 10.8. The Hall–Kier alpha value is -2.36. The number of nitrogens with zero attached hydrogens (tertiary/aromatic N) is 2. The quantitative estimate of drug-likeness (QED) is 0.508. The van der Waals surface area contributed by atoms with Crippen LogP contribution in [0, 0.1) is 0 Å². The lowest BCUT2D eigenvalue weighted by molar-refractivity contribution is 0.317. The second-order valence-corrected chi connectivity index (χ2v) is 4.23. The third kappa shape index (κ3) is 3.81. The van der Waals surface area contributed by atoms with Gasteiger partial charge >= 0.3 is 0 Å². The summed E-state index contributed by atoms with van der Waals surface area (Å²) in [4.78, 5) is 4.05. The van der Waals surface area contributed by atoms with Crippen LogP contribution in [0.3, 0.4) is 0 Å². The molecule has 0 aliphatic rings. The fourth-order valence-electron chi connectivity index (χ4n) is 1.85. The molecule has 4 nitrogen and oxygen atoms in total.